The van der Waals surface area contributed by atoms with Crippen LogP contribution in [0.5, 0.6) is 0 Å². The van der Waals surface area contributed by atoms with E-state index < -0.39 is 0 Å². The predicted octanol–water partition coefficient (Wildman–Crippen LogP) is -0.210. The zero-order valence-corrected chi connectivity index (χ0v) is 11.1. The van der Waals surface area contributed by atoms with Gasteiger partial charge in [0.25, 0.3) is 0 Å². The largest absolute Gasteiger partial charge is 0.368 e. The summed E-state index contributed by atoms with van der Waals surface area (Å²) in [5, 5.41) is 7.43. The van der Waals surface area contributed by atoms with E-state index >= 15 is 0 Å². The van der Waals surface area contributed by atoms with E-state index in [4.69, 9.17) is 11.6 Å². The van der Waals surface area contributed by atoms with Crippen molar-refractivity contribution >= 4 is 23.5 Å². The van der Waals surface area contributed by atoms with E-state index in [0.717, 1.165) is 6.42 Å². The minimum absolute atomic E-state index is 0.0953. The van der Waals surface area contributed by atoms with Gasteiger partial charge in [-0.2, -0.15) is 4.98 Å². The lowest BCUT2D eigenvalue weighted by atomic mass is 10.5. The number of H-pyrrole nitrogens is 1. The molecule has 2 aromatic rings. The molecule has 0 spiro atoms. The highest BCUT2D eigenvalue weighted by atomic mass is 32.2. The Morgan fingerprint density at radius 2 is 2.32 bits per heavy atom. The first-order valence-electron chi connectivity index (χ1n) is 5.58. The molecule has 0 aliphatic rings. The van der Waals surface area contributed by atoms with Crippen molar-refractivity contribution in [2.45, 2.75) is 30.1 Å². The number of rotatable bonds is 5. The van der Waals surface area contributed by atoms with E-state index in [2.05, 4.69) is 25.6 Å². The SMILES string of the molecule is CCCn1c(Sc2cc(NN)nc(N)n2)n[nH]c1=O. The van der Waals surface area contributed by atoms with Crippen molar-refractivity contribution in [1.29, 1.82) is 0 Å². The monoisotopic (exact) mass is 282 g/mol. The molecule has 0 aromatic carbocycles. The molecule has 10 heteroatoms. The fourth-order valence-electron chi connectivity index (χ4n) is 1.46. The lowest BCUT2D eigenvalue weighted by Crippen LogP contribution is -2.17. The molecule has 0 fully saturated rings. The van der Waals surface area contributed by atoms with Crippen molar-refractivity contribution in [1.82, 2.24) is 24.7 Å². The van der Waals surface area contributed by atoms with Crippen molar-refractivity contribution in [2.75, 3.05) is 11.2 Å². The summed E-state index contributed by atoms with van der Waals surface area (Å²) in [5.41, 5.74) is 7.71. The summed E-state index contributed by atoms with van der Waals surface area (Å²) in [7, 11) is 0. The van der Waals surface area contributed by atoms with Gasteiger partial charge in [0, 0.05) is 12.6 Å². The van der Waals surface area contributed by atoms with E-state index in [9.17, 15) is 4.79 Å². The van der Waals surface area contributed by atoms with E-state index in [-0.39, 0.29) is 11.6 Å². The molecule has 2 aromatic heterocycles. The van der Waals surface area contributed by atoms with Crippen LogP contribution in [0.3, 0.4) is 0 Å². The molecule has 0 saturated carbocycles. The second kappa shape index (κ2) is 5.71. The van der Waals surface area contributed by atoms with Gasteiger partial charge in [-0.25, -0.2) is 20.7 Å². The van der Waals surface area contributed by atoms with E-state index in [1.807, 2.05) is 6.92 Å². The van der Waals surface area contributed by atoms with E-state index in [0.29, 0.717) is 22.5 Å². The number of nitrogens with one attached hydrogen (secondary N) is 2. The Morgan fingerprint density at radius 3 is 3.00 bits per heavy atom. The molecule has 0 aliphatic carbocycles. The minimum Gasteiger partial charge on any atom is -0.368 e. The van der Waals surface area contributed by atoms with Crippen LogP contribution >= 0.6 is 11.8 Å². The van der Waals surface area contributed by atoms with Gasteiger partial charge in [-0.3, -0.25) is 4.57 Å². The van der Waals surface area contributed by atoms with Gasteiger partial charge < -0.3 is 11.2 Å². The first-order valence-corrected chi connectivity index (χ1v) is 6.40. The molecule has 0 bridgehead atoms. The smallest absolute Gasteiger partial charge is 0.343 e. The topological polar surface area (TPSA) is 141 Å². The highest BCUT2D eigenvalue weighted by Gasteiger charge is 2.11. The van der Waals surface area contributed by atoms with Crippen molar-refractivity contribution in [3.05, 3.63) is 16.6 Å². The summed E-state index contributed by atoms with van der Waals surface area (Å²) in [4.78, 5) is 19.5. The van der Waals surface area contributed by atoms with Crippen molar-refractivity contribution in [3.63, 3.8) is 0 Å². The van der Waals surface area contributed by atoms with Gasteiger partial charge in [0.1, 0.15) is 10.8 Å². The van der Waals surface area contributed by atoms with Crippen LogP contribution in [-0.2, 0) is 6.54 Å². The van der Waals surface area contributed by atoms with E-state index in [1.54, 1.807) is 10.6 Å². The Morgan fingerprint density at radius 1 is 1.53 bits per heavy atom. The summed E-state index contributed by atoms with van der Waals surface area (Å²) in [6.45, 7) is 2.56. The van der Waals surface area contributed by atoms with Gasteiger partial charge in [0.2, 0.25) is 5.95 Å². The average Bonchev–Trinajstić information content (AvgIpc) is 2.71. The van der Waals surface area contributed by atoms with Crippen LogP contribution in [0.2, 0.25) is 0 Å². The van der Waals surface area contributed by atoms with Crippen LogP contribution in [0.1, 0.15) is 13.3 Å². The number of aromatic nitrogens is 5. The molecule has 102 valence electrons. The summed E-state index contributed by atoms with van der Waals surface area (Å²) in [6.07, 6.45) is 0.828. The lowest BCUT2D eigenvalue weighted by molar-refractivity contribution is 0.603. The van der Waals surface area contributed by atoms with Gasteiger partial charge in [-0.15, -0.1) is 5.10 Å². The van der Waals surface area contributed by atoms with E-state index in [1.165, 1.54) is 11.8 Å². The number of nitrogens with two attached hydrogens (primary N) is 2. The molecule has 0 atom stereocenters. The predicted molar refractivity (Wildman–Crippen MR) is 71.5 cm³/mol. The first-order chi connectivity index (χ1) is 9.13. The number of hydrogen-bond acceptors (Lipinski definition) is 8. The molecule has 0 saturated heterocycles. The summed E-state index contributed by atoms with van der Waals surface area (Å²) in [5.74, 6) is 5.77. The maximum absolute atomic E-state index is 11.6. The fraction of sp³-hybridized carbons (Fsp3) is 0.333. The van der Waals surface area contributed by atoms with Gasteiger partial charge in [0.15, 0.2) is 5.16 Å². The third-order valence-corrected chi connectivity index (χ3v) is 3.15. The maximum atomic E-state index is 11.6. The summed E-state index contributed by atoms with van der Waals surface area (Å²) < 4.78 is 1.54. The van der Waals surface area contributed by atoms with Crippen molar-refractivity contribution < 1.29 is 0 Å². The van der Waals surface area contributed by atoms with Crippen LogP contribution in [0.25, 0.3) is 0 Å². The van der Waals surface area contributed by atoms with Gasteiger partial charge in [0.05, 0.1) is 0 Å². The number of hydrazine groups is 1. The summed E-state index contributed by atoms with van der Waals surface area (Å²) in [6, 6.07) is 1.62. The molecule has 0 radical (unpaired) electrons. The molecule has 2 heterocycles. The van der Waals surface area contributed by atoms with Crippen molar-refractivity contribution in [2.24, 2.45) is 5.84 Å². The van der Waals surface area contributed by atoms with Crippen LogP contribution in [0.15, 0.2) is 21.0 Å². The van der Waals surface area contributed by atoms with Crippen LogP contribution < -0.4 is 22.7 Å². The second-order valence-corrected chi connectivity index (χ2v) is 4.65. The van der Waals surface area contributed by atoms with Crippen LogP contribution in [-0.4, -0.2) is 24.7 Å². The number of nitrogens with zero attached hydrogens (tertiary/aromatic N) is 4. The van der Waals surface area contributed by atoms with Crippen molar-refractivity contribution in [3.8, 4) is 0 Å². The third-order valence-electron chi connectivity index (χ3n) is 2.23. The molecular formula is C9H14N8OS. The second-order valence-electron chi connectivity index (χ2n) is 3.66. The lowest BCUT2D eigenvalue weighted by Gasteiger charge is -2.05. The molecule has 9 nitrogen and oxygen atoms in total. The number of aromatic amines is 1. The Bertz CT molecular complexity index is 621. The Labute approximate surface area is 112 Å². The Balaban J connectivity index is 2.30. The van der Waals surface area contributed by atoms with Crippen LogP contribution in [0, 0.1) is 0 Å². The number of anilines is 2. The Kier molecular flexibility index (Phi) is 4.02. The molecule has 19 heavy (non-hydrogen) atoms. The molecule has 0 aliphatic heterocycles. The zero-order valence-electron chi connectivity index (χ0n) is 10.3. The Hall–Kier alpha value is -2.07. The normalized spacial score (nSPS) is 10.6. The molecule has 0 unspecified atom stereocenters. The van der Waals surface area contributed by atoms with Gasteiger partial charge >= 0.3 is 5.69 Å². The van der Waals surface area contributed by atoms with Gasteiger partial charge in [-0.05, 0) is 18.2 Å². The van der Waals surface area contributed by atoms with Crippen LogP contribution in [0.4, 0.5) is 11.8 Å². The highest BCUT2D eigenvalue weighted by molar-refractivity contribution is 7.99. The zero-order chi connectivity index (χ0) is 13.8. The average molecular weight is 282 g/mol. The first kappa shape index (κ1) is 13.4. The molecule has 2 rings (SSSR count). The van der Waals surface area contributed by atoms with Gasteiger partial charge in [-0.1, -0.05) is 6.92 Å². The standard InChI is InChI=1S/C9H14N8OS/c1-2-3-17-8(18)15-16-9(17)19-6-4-5(14-11)12-7(10)13-6/h4H,2-3,11H2,1H3,(H,15,18)(H3,10,12,13,14). The molecular weight excluding hydrogens is 268 g/mol. The summed E-state index contributed by atoms with van der Waals surface area (Å²) >= 11 is 1.21. The molecule has 6 N–H and O–H groups in total. The number of hydrogen-bond donors (Lipinski definition) is 4. The fourth-order valence-corrected chi connectivity index (χ4v) is 2.34. The maximum Gasteiger partial charge on any atom is 0.343 e. The minimum atomic E-state index is -0.247. The quantitative estimate of drug-likeness (QED) is 0.335. The number of nitrogen functional groups attached to an aromatic ring is 2. The molecule has 0 amide bonds. The third kappa shape index (κ3) is 3.03. The highest BCUT2D eigenvalue weighted by Crippen LogP contribution is 2.25.